The zero-order valence-electron chi connectivity index (χ0n) is 11.4. The number of rotatable bonds is 4. The second-order valence-electron chi connectivity index (χ2n) is 4.45. The second kappa shape index (κ2) is 6.10. The van der Waals surface area contributed by atoms with Crippen molar-refractivity contribution in [3.8, 4) is 0 Å². The largest absolute Gasteiger partial charge is 0.354 e. The molecule has 0 aliphatic rings. The average Bonchev–Trinajstić information content (AvgIpc) is 2.38. The van der Waals surface area contributed by atoms with E-state index in [0.29, 0.717) is 0 Å². The van der Waals surface area contributed by atoms with Crippen molar-refractivity contribution < 1.29 is 0 Å². The molecule has 5 heteroatoms. The smallest absolute Gasteiger partial charge is 0.133 e. The lowest BCUT2D eigenvalue weighted by Crippen LogP contribution is -2.19. The van der Waals surface area contributed by atoms with Gasteiger partial charge in [0.05, 0.1) is 12.2 Å². The highest BCUT2D eigenvalue weighted by atomic mass is 79.9. The molecule has 2 rings (SSSR count). The van der Waals surface area contributed by atoms with E-state index in [-0.39, 0.29) is 0 Å². The minimum absolute atomic E-state index is 0.730. The van der Waals surface area contributed by atoms with Gasteiger partial charge in [-0.05, 0) is 35.0 Å². The van der Waals surface area contributed by atoms with Gasteiger partial charge in [0.25, 0.3) is 0 Å². The normalized spacial score (nSPS) is 10.5. The van der Waals surface area contributed by atoms with E-state index in [0.717, 1.165) is 40.6 Å². The van der Waals surface area contributed by atoms with Crippen molar-refractivity contribution >= 4 is 21.7 Å². The van der Waals surface area contributed by atoms with Crippen LogP contribution in [-0.4, -0.2) is 22.0 Å². The summed E-state index contributed by atoms with van der Waals surface area (Å²) >= 11 is 3.43. The lowest BCUT2D eigenvalue weighted by atomic mass is 10.3. The van der Waals surface area contributed by atoms with Crippen molar-refractivity contribution in [2.45, 2.75) is 26.8 Å². The van der Waals surface area contributed by atoms with E-state index < -0.39 is 0 Å². The fourth-order valence-electron chi connectivity index (χ4n) is 1.82. The van der Waals surface area contributed by atoms with Crippen LogP contribution in [0.4, 0.5) is 5.82 Å². The Hall–Kier alpha value is -1.49. The topological polar surface area (TPSA) is 41.9 Å². The van der Waals surface area contributed by atoms with Gasteiger partial charge in [-0.3, -0.25) is 4.98 Å². The van der Waals surface area contributed by atoms with Crippen LogP contribution in [0.5, 0.6) is 0 Å². The number of hydrogen-bond donors (Lipinski definition) is 0. The van der Waals surface area contributed by atoms with E-state index in [4.69, 9.17) is 0 Å². The van der Waals surface area contributed by atoms with Crippen LogP contribution in [0.15, 0.2) is 28.9 Å². The summed E-state index contributed by atoms with van der Waals surface area (Å²) in [7, 11) is 2.01. The monoisotopic (exact) mass is 320 g/mol. The number of hydrogen-bond acceptors (Lipinski definition) is 4. The summed E-state index contributed by atoms with van der Waals surface area (Å²) in [5.74, 6) is 1.75. The SMILES string of the molecule is CCc1nc(Br)cc(N(C)Cc2cccc(C)n2)n1. The molecule has 4 nitrogen and oxygen atoms in total. The molecular weight excluding hydrogens is 304 g/mol. The van der Waals surface area contributed by atoms with Gasteiger partial charge < -0.3 is 4.90 Å². The van der Waals surface area contributed by atoms with E-state index in [1.807, 2.05) is 45.2 Å². The molecule has 0 saturated heterocycles. The molecule has 2 aromatic rings. The predicted molar refractivity (Wildman–Crippen MR) is 80.2 cm³/mol. The van der Waals surface area contributed by atoms with Crippen LogP contribution < -0.4 is 4.90 Å². The molecule has 0 bridgehead atoms. The second-order valence-corrected chi connectivity index (χ2v) is 5.26. The molecule has 0 unspecified atom stereocenters. The van der Waals surface area contributed by atoms with Crippen LogP contribution in [0.2, 0.25) is 0 Å². The summed E-state index contributed by atoms with van der Waals surface area (Å²) in [5.41, 5.74) is 2.07. The molecule has 2 heterocycles. The lowest BCUT2D eigenvalue weighted by molar-refractivity contribution is 0.831. The molecule has 2 aromatic heterocycles. The van der Waals surface area contributed by atoms with E-state index >= 15 is 0 Å². The molecule has 0 aliphatic heterocycles. The molecule has 100 valence electrons. The number of halogens is 1. The first kappa shape index (κ1) is 13.9. The molecule has 0 fully saturated rings. The van der Waals surface area contributed by atoms with E-state index in [9.17, 15) is 0 Å². The van der Waals surface area contributed by atoms with Crippen molar-refractivity contribution in [1.29, 1.82) is 0 Å². The molecule has 0 N–H and O–H groups in total. The fourth-order valence-corrected chi connectivity index (χ4v) is 2.23. The van der Waals surface area contributed by atoms with Gasteiger partial charge in [-0.15, -0.1) is 0 Å². The number of anilines is 1. The third-order valence-corrected chi connectivity index (χ3v) is 3.19. The Balaban J connectivity index is 2.20. The minimum Gasteiger partial charge on any atom is -0.354 e. The number of aromatic nitrogens is 3. The van der Waals surface area contributed by atoms with Crippen LogP contribution in [0.1, 0.15) is 24.1 Å². The van der Waals surface area contributed by atoms with Crippen LogP contribution in [0.25, 0.3) is 0 Å². The van der Waals surface area contributed by atoms with Gasteiger partial charge in [0.15, 0.2) is 0 Å². The Bertz CT molecular complexity index is 571. The van der Waals surface area contributed by atoms with Gasteiger partial charge in [0.2, 0.25) is 0 Å². The van der Waals surface area contributed by atoms with Crippen molar-refractivity contribution in [3.63, 3.8) is 0 Å². The molecule has 0 aliphatic carbocycles. The minimum atomic E-state index is 0.730. The number of aryl methyl sites for hydroxylation is 2. The molecule has 0 spiro atoms. The summed E-state index contributed by atoms with van der Waals surface area (Å²) in [6, 6.07) is 7.98. The quantitative estimate of drug-likeness (QED) is 0.811. The molecule has 19 heavy (non-hydrogen) atoms. The van der Waals surface area contributed by atoms with Gasteiger partial charge in [0.1, 0.15) is 16.2 Å². The van der Waals surface area contributed by atoms with Crippen LogP contribution >= 0.6 is 15.9 Å². The summed E-state index contributed by atoms with van der Waals surface area (Å²) in [6.07, 6.45) is 0.822. The highest BCUT2D eigenvalue weighted by Gasteiger charge is 2.08. The fraction of sp³-hybridized carbons (Fsp3) is 0.357. The van der Waals surface area contributed by atoms with E-state index in [1.54, 1.807) is 0 Å². The van der Waals surface area contributed by atoms with Gasteiger partial charge >= 0.3 is 0 Å². The van der Waals surface area contributed by atoms with Gasteiger partial charge in [-0.2, -0.15) is 0 Å². The Labute approximate surface area is 122 Å². The third kappa shape index (κ3) is 3.73. The number of pyridine rings is 1. The maximum atomic E-state index is 4.53. The Morgan fingerprint density at radius 1 is 1.21 bits per heavy atom. The van der Waals surface area contributed by atoms with Crippen molar-refractivity contribution in [1.82, 2.24) is 15.0 Å². The van der Waals surface area contributed by atoms with Crippen molar-refractivity contribution in [3.05, 3.63) is 46.1 Å². The summed E-state index contributed by atoms with van der Waals surface area (Å²) in [4.78, 5) is 15.4. The summed E-state index contributed by atoms with van der Waals surface area (Å²) in [5, 5.41) is 0. The first-order valence-corrected chi connectivity index (χ1v) is 7.05. The predicted octanol–water partition coefficient (Wildman–Crippen LogP) is 3.14. The van der Waals surface area contributed by atoms with Crippen LogP contribution in [0.3, 0.4) is 0 Å². The van der Waals surface area contributed by atoms with Gasteiger partial charge in [-0.1, -0.05) is 13.0 Å². The zero-order valence-corrected chi connectivity index (χ0v) is 13.0. The molecule has 0 aromatic carbocycles. The maximum Gasteiger partial charge on any atom is 0.133 e. The summed E-state index contributed by atoms with van der Waals surface area (Å²) in [6.45, 7) is 4.78. The maximum absolute atomic E-state index is 4.53. The van der Waals surface area contributed by atoms with E-state index in [2.05, 4.69) is 35.8 Å². The first-order valence-electron chi connectivity index (χ1n) is 6.25. The molecule has 0 amide bonds. The molecule has 0 atom stereocenters. The molecular formula is C14H17BrN4. The molecule has 0 saturated carbocycles. The lowest BCUT2D eigenvalue weighted by Gasteiger charge is -2.18. The zero-order chi connectivity index (χ0) is 13.8. The third-order valence-electron chi connectivity index (χ3n) is 2.78. The Morgan fingerprint density at radius 2 is 2.00 bits per heavy atom. The number of nitrogens with zero attached hydrogens (tertiary/aromatic N) is 4. The highest BCUT2D eigenvalue weighted by Crippen LogP contribution is 2.17. The molecule has 0 radical (unpaired) electrons. The average molecular weight is 321 g/mol. The van der Waals surface area contributed by atoms with Crippen molar-refractivity contribution in [2.75, 3.05) is 11.9 Å². The van der Waals surface area contributed by atoms with Gasteiger partial charge in [0, 0.05) is 25.2 Å². The Kier molecular flexibility index (Phi) is 4.47. The highest BCUT2D eigenvalue weighted by molar-refractivity contribution is 9.10. The van der Waals surface area contributed by atoms with E-state index in [1.165, 1.54) is 0 Å². The van der Waals surface area contributed by atoms with Crippen LogP contribution in [-0.2, 0) is 13.0 Å². The van der Waals surface area contributed by atoms with Gasteiger partial charge in [-0.25, -0.2) is 9.97 Å². The Morgan fingerprint density at radius 3 is 2.68 bits per heavy atom. The summed E-state index contributed by atoms with van der Waals surface area (Å²) < 4.78 is 0.818. The standard InChI is InChI=1S/C14H17BrN4/c1-4-13-17-12(15)8-14(18-13)19(3)9-11-7-5-6-10(2)16-11/h5-8H,4,9H2,1-3H3. The van der Waals surface area contributed by atoms with Crippen molar-refractivity contribution in [2.24, 2.45) is 0 Å². The van der Waals surface area contributed by atoms with Crippen LogP contribution in [0, 0.1) is 6.92 Å². The first-order chi connectivity index (χ1) is 9.08.